The van der Waals surface area contributed by atoms with Gasteiger partial charge in [-0.3, -0.25) is 10.1 Å². The van der Waals surface area contributed by atoms with E-state index in [9.17, 15) is 4.79 Å². The normalized spacial score (nSPS) is 23.9. The van der Waals surface area contributed by atoms with E-state index in [-0.39, 0.29) is 12.2 Å². The van der Waals surface area contributed by atoms with E-state index in [0.717, 1.165) is 31.7 Å². The Balaban J connectivity index is 2.49. The summed E-state index contributed by atoms with van der Waals surface area (Å²) in [4.78, 5) is 14.5. The van der Waals surface area contributed by atoms with Crippen molar-refractivity contribution in [2.45, 2.75) is 78.9 Å². The quantitative estimate of drug-likeness (QED) is 0.684. The lowest BCUT2D eigenvalue weighted by Gasteiger charge is -2.27. The van der Waals surface area contributed by atoms with E-state index in [4.69, 9.17) is 0 Å². The van der Waals surface area contributed by atoms with Crippen LogP contribution in [0.25, 0.3) is 0 Å². The molecule has 2 atom stereocenters. The number of nitrogens with zero attached hydrogens (tertiary/aromatic N) is 1. The molecule has 0 radical (unpaired) electrons. The minimum absolute atomic E-state index is 0.0579. The van der Waals surface area contributed by atoms with Crippen molar-refractivity contribution < 1.29 is 4.79 Å². The second kappa shape index (κ2) is 7.88. The lowest BCUT2D eigenvalue weighted by Crippen LogP contribution is -2.42. The maximum absolute atomic E-state index is 12.4. The van der Waals surface area contributed by atoms with Crippen LogP contribution in [0.2, 0.25) is 0 Å². The molecule has 1 fully saturated rings. The molecule has 3 nitrogen and oxygen atoms in total. The SMILES string of the molecule is CCCC1NC(C(C)C)N(CCCCC(C)C)C1=O. The molecule has 1 rings (SSSR count). The summed E-state index contributed by atoms with van der Waals surface area (Å²) in [7, 11) is 0. The van der Waals surface area contributed by atoms with Gasteiger partial charge in [-0.25, -0.2) is 0 Å². The fourth-order valence-corrected chi connectivity index (χ4v) is 2.84. The summed E-state index contributed by atoms with van der Waals surface area (Å²) in [6.07, 6.45) is 5.89. The van der Waals surface area contributed by atoms with Gasteiger partial charge in [-0.15, -0.1) is 0 Å². The lowest BCUT2D eigenvalue weighted by molar-refractivity contribution is -0.130. The Labute approximate surface area is 119 Å². The van der Waals surface area contributed by atoms with Gasteiger partial charge in [0.1, 0.15) is 0 Å². The monoisotopic (exact) mass is 268 g/mol. The Bertz CT molecular complexity index is 276. The number of nitrogens with one attached hydrogen (secondary N) is 1. The van der Waals surface area contributed by atoms with E-state index in [1.807, 2.05) is 0 Å². The molecule has 1 aliphatic heterocycles. The predicted molar refractivity (Wildman–Crippen MR) is 80.9 cm³/mol. The van der Waals surface area contributed by atoms with Crippen molar-refractivity contribution in [1.82, 2.24) is 10.2 Å². The third kappa shape index (κ3) is 4.79. The average molecular weight is 268 g/mol. The molecule has 3 heteroatoms. The van der Waals surface area contributed by atoms with Gasteiger partial charge in [0.15, 0.2) is 0 Å². The third-order valence-electron chi connectivity index (χ3n) is 3.93. The molecular formula is C16H32N2O. The molecular weight excluding hydrogens is 236 g/mol. The number of carbonyl (C=O) groups is 1. The third-order valence-corrected chi connectivity index (χ3v) is 3.93. The van der Waals surface area contributed by atoms with Crippen LogP contribution in [-0.4, -0.2) is 29.6 Å². The molecule has 19 heavy (non-hydrogen) atoms. The summed E-state index contributed by atoms with van der Waals surface area (Å²) in [5, 5.41) is 3.52. The van der Waals surface area contributed by atoms with Crippen LogP contribution < -0.4 is 5.32 Å². The molecule has 0 bridgehead atoms. The number of carbonyl (C=O) groups excluding carboxylic acids is 1. The van der Waals surface area contributed by atoms with E-state index in [1.54, 1.807) is 0 Å². The largest absolute Gasteiger partial charge is 0.326 e. The van der Waals surface area contributed by atoms with Crippen LogP contribution in [0.15, 0.2) is 0 Å². The summed E-state index contributed by atoms with van der Waals surface area (Å²) >= 11 is 0. The molecule has 0 aromatic carbocycles. The first-order chi connectivity index (χ1) is 8.97. The minimum Gasteiger partial charge on any atom is -0.326 e. The van der Waals surface area contributed by atoms with Crippen molar-refractivity contribution in [2.24, 2.45) is 11.8 Å². The van der Waals surface area contributed by atoms with E-state index >= 15 is 0 Å². The highest BCUT2D eigenvalue weighted by molar-refractivity contribution is 5.84. The Morgan fingerprint density at radius 1 is 1.21 bits per heavy atom. The lowest BCUT2D eigenvalue weighted by atomic mass is 10.1. The van der Waals surface area contributed by atoms with Crippen LogP contribution in [0.3, 0.4) is 0 Å². The number of rotatable bonds is 8. The molecule has 1 amide bonds. The molecule has 0 aliphatic carbocycles. The first kappa shape index (κ1) is 16.5. The predicted octanol–water partition coefficient (Wildman–Crippen LogP) is 3.40. The van der Waals surface area contributed by atoms with Crippen LogP contribution >= 0.6 is 0 Å². The highest BCUT2D eigenvalue weighted by atomic mass is 16.2. The molecule has 1 saturated heterocycles. The highest BCUT2D eigenvalue weighted by Crippen LogP contribution is 2.21. The number of amides is 1. The first-order valence-corrected chi connectivity index (χ1v) is 8.03. The number of hydrogen-bond donors (Lipinski definition) is 1. The van der Waals surface area contributed by atoms with Gasteiger partial charge in [0, 0.05) is 6.54 Å². The summed E-state index contributed by atoms with van der Waals surface area (Å²) in [6.45, 7) is 12.0. The molecule has 1 heterocycles. The van der Waals surface area contributed by atoms with Gasteiger partial charge in [0.25, 0.3) is 0 Å². The van der Waals surface area contributed by atoms with Gasteiger partial charge in [0.05, 0.1) is 12.2 Å². The van der Waals surface area contributed by atoms with Gasteiger partial charge in [-0.1, -0.05) is 53.9 Å². The maximum atomic E-state index is 12.4. The van der Waals surface area contributed by atoms with Crippen LogP contribution in [0.1, 0.15) is 66.7 Å². The summed E-state index contributed by atoms with van der Waals surface area (Å²) in [5.74, 6) is 1.57. The van der Waals surface area contributed by atoms with Crippen molar-refractivity contribution in [3.63, 3.8) is 0 Å². The van der Waals surface area contributed by atoms with Crippen LogP contribution in [-0.2, 0) is 4.79 Å². The minimum atomic E-state index is 0.0579. The Morgan fingerprint density at radius 2 is 1.89 bits per heavy atom. The van der Waals surface area contributed by atoms with E-state index in [1.165, 1.54) is 12.8 Å². The zero-order chi connectivity index (χ0) is 14.4. The van der Waals surface area contributed by atoms with Crippen molar-refractivity contribution in [2.75, 3.05) is 6.54 Å². The highest BCUT2D eigenvalue weighted by Gasteiger charge is 2.38. The van der Waals surface area contributed by atoms with Gasteiger partial charge in [-0.2, -0.15) is 0 Å². The fraction of sp³-hybridized carbons (Fsp3) is 0.938. The summed E-state index contributed by atoms with van der Waals surface area (Å²) in [5.41, 5.74) is 0. The van der Waals surface area contributed by atoms with Gasteiger partial charge in [0.2, 0.25) is 5.91 Å². The molecule has 2 unspecified atom stereocenters. The smallest absolute Gasteiger partial charge is 0.241 e. The van der Waals surface area contributed by atoms with E-state index < -0.39 is 0 Å². The first-order valence-electron chi connectivity index (χ1n) is 8.03. The number of hydrogen-bond acceptors (Lipinski definition) is 2. The maximum Gasteiger partial charge on any atom is 0.241 e. The van der Waals surface area contributed by atoms with Crippen LogP contribution in [0, 0.1) is 11.8 Å². The van der Waals surface area contributed by atoms with Gasteiger partial charge < -0.3 is 4.90 Å². The van der Waals surface area contributed by atoms with Crippen LogP contribution in [0.5, 0.6) is 0 Å². The zero-order valence-corrected chi connectivity index (χ0v) is 13.4. The van der Waals surface area contributed by atoms with Crippen molar-refractivity contribution in [3.05, 3.63) is 0 Å². The van der Waals surface area contributed by atoms with Crippen molar-refractivity contribution in [3.8, 4) is 0 Å². The Hall–Kier alpha value is -0.570. The van der Waals surface area contributed by atoms with Gasteiger partial charge in [-0.05, 0) is 24.7 Å². The molecule has 1 N–H and O–H groups in total. The van der Waals surface area contributed by atoms with Crippen LogP contribution in [0.4, 0.5) is 0 Å². The molecule has 0 aromatic heterocycles. The molecule has 112 valence electrons. The molecule has 0 aromatic rings. The molecule has 0 saturated carbocycles. The fourth-order valence-electron chi connectivity index (χ4n) is 2.84. The number of unbranched alkanes of at least 4 members (excludes halogenated alkanes) is 1. The Morgan fingerprint density at radius 3 is 2.42 bits per heavy atom. The second-order valence-electron chi connectivity index (χ2n) is 6.62. The average Bonchev–Trinajstić information content (AvgIpc) is 2.63. The molecule has 0 spiro atoms. The second-order valence-corrected chi connectivity index (χ2v) is 6.62. The van der Waals surface area contributed by atoms with Gasteiger partial charge >= 0.3 is 0 Å². The zero-order valence-electron chi connectivity index (χ0n) is 13.4. The van der Waals surface area contributed by atoms with E-state index in [2.05, 4.69) is 44.8 Å². The summed E-state index contributed by atoms with van der Waals surface area (Å²) < 4.78 is 0. The standard InChI is InChI=1S/C16H32N2O/c1-6-9-14-16(19)18(15(17-14)13(4)5)11-8-7-10-12(2)3/h12-15,17H,6-11H2,1-5H3. The summed E-state index contributed by atoms with van der Waals surface area (Å²) in [6, 6.07) is 0.0579. The van der Waals surface area contributed by atoms with E-state index in [0.29, 0.717) is 11.8 Å². The Kier molecular flexibility index (Phi) is 6.84. The van der Waals surface area contributed by atoms with Crippen molar-refractivity contribution >= 4 is 5.91 Å². The van der Waals surface area contributed by atoms with Crippen molar-refractivity contribution in [1.29, 1.82) is 0 Å². The topological polar surface area (TPSA) is 32.3 Å². The molecule has 1 aliphatic rings.